The Morgan fingerprint density at radius 3 is 2.75 bits per heavy atom. The van der Waals surface area contributed by atoms with Crippen LogP contribution in [-0.4, -0.2) is 25.3 Å². The van der Waals surface area contributed by atoms with E-state index in [2.05, 4.69) is 0 Å². The Morgan fingerprint density at radius 1 is 1.31 bits per heavy atom. The molecule has 0 spiro atoms. The van der Waals surface area contributed by atoms with Gasteiger partial charge in [0, 0.05) is 12.6 Å². The number of nitrogens with zero attached hydrogens (tertiary/aromatic N) is 1. The molecular weight excluding hydrogens is 242 g/mol. The van der Waals surface area contributed by atoms with Gasteiger partial charge in [-0.15, -0.1) is 11.3 Å². The molecule has 1 aromatic rings. The second-order valence-electron chi connectivity index (χ2n) is 4.59. The minimum atomic E-state index is -3.20. The van der Waals surface area contributed by atoms with Crippen molar-refractivity contribution in [2.75, 3.05) is 6.54 Å². The second-order valence-corrected chi connectivity index (χ2v) is 7.66. The van der Waals surface area contributed by atoms with Gasteiger partial charge in [0.25, 0.3) is 10.0 Å². The largest absolute Gasteiger partial charge is 0.252 e. The maximum absolute atomic E-state index is 12.4. The van der Waals surface area contributed by atoms with Gasteiger partial charge in [0.2, 0.25) is 0 Å². The zero-order chi connectivity index (χ0) is 11.2. The van der Waals surface area contributed by atoms with Crippen LogP contribution >= 0.6 is 11.3 Å². The van der Waals surface area contributed by atoms with Gasteiger partial charge in [-0.25, -0.2) is 8.42 Å². The van der Waals surface area contributed by atoms with Crippen molar-refractivity contribution < 1.29 is 8.42 Å². The molecule has 1 aliphatic heterocycles. The second kappa shape index (κ2) is 3.82. The minimum Gasteiger partial charge on any atom is -0.206 e. The SMILES string of the molecule is O=S(=O)(c1cccs1)N1CCCC1C1CC1. The lowest BCUT2D eigenvalue weighted by Crippen LogP contribution is -2.36. The van der Waals surface area contributed by atoms with Crippen LogP contribution in [-0.2, 0) is 10.0 Å². The van der Waals surface area contributed by atoms with Crippen LogP contribution in [0.2, 0.25) is 0 Å². The molecule has 1 aliphatic carbocycles. The maximum Gasteiger partial charge on any atom is 0.252 e. The number of hydrogen-bond acceptors (Lipinski definition) is 3. The fraction of sp³-hybridized carbons (Fsp3) is 0.636. The first-order chi connectivity index (χ1) is 7.69. The summed E-state index contributed by atoms with van der Waals surface area (Å²) in [6.45, 7) is 0.710. The van der Waals surface area contributed by atoms with Gasteiger partial charge in [0.1, 0.15) is 4.21 Å². The van der Waals surface area contributed by atoms with Crippen LogP contribution in [0.5, 0.6) is 0 Å². The van der Waals surface area contributed by atoms with Crippen molar-refractivity contribution in [3.63, 3.8) is 0 Å². The predicted octanol–water partition coefficient (Wildman–Crippen LogP) is 2.31. The van der Waals surface area contributed by atoms with Gasteiger partial charge in [-0.3, -0.25) is 0 Å². The van der Waals surface area contributed by atoms with E-state index in [1.54, 1.807) is 16.4 Å². The summed E-state index contributed by atoms with van der Waals surface area (Å²) in [4.78, 5) is 0. The van der Waals surface area contributed by atoms with Gasteiger partial charge in [0.05, 0.1) is 0 Å². The summed E-state index contributed by atoms with van der Waals surface area (Å²) in [5.74, 6) is 0.636. The third-order valence-electron chi connectivity index (χ3n) is 3.47. The Hall–Kier alpha value is -0.390. The molecule has 5 heteroatoms. The van der Waals surface area contributed by atoms with E-state index in [4.69, 9.17) is 0 Å². The van der Waals surface area contributed by atoms with Crippen molar-refractivity contribution in [1.82, 2.24) is 4.31 Å². The standard InChI is InChI=1S/C11H15NO2S2/c13-16(14,11-4-2-8-15-11)12-7-1-3-10(12)9-5-6-9/h2,4,8-10H,1,3,5-7H2. The summed E-state index contributed by atoms with van der Waals surface area (Å²) in [5, 5.41) is 1.83. The van der Waals surface area contributed by atoms with Crippen molar-refractivity contribution in [3.05, 3.63) is 17.5 Å². The molecule has 3 nitrogen and oxygen atoms in total. The minimum absolute atomic E-state index is 0.284. The van der Waals surface area contributed by atoms with Crippen molar-refractivity contribution >= 4 is 21.4 Å². The van der Waals surface area contributed by atoms with E-state index in [1.165, 1.54) is 24.2 Å². The smallest absolute Gasteiger partial charge is 0.206 e. The summed E-state index contributed by atoms with van der Waals surface area (Å²) in [7, 11) is -3.20. The summed E-state index contributed by atoms with van der Waals surface area (Å²) in [6, 6.07) is 3.80. The Balaban J connectivity index is 1.91. The van der Waals surface area contributed by atoms with Crippen LogP contribution in [0.15, 0.2) is 21.7 Å². The molecular formula is C11H15NO2S2. The van der Waals surface area contributed by atoms with Crippen LogP contribution in [0.4, 0.5) is 0 Å². The average molecular weight is 257 g/mol. The van der Waals surface area contributed by atoms with Crippen molar-refractivity contribution in [3.8, 4) is 0 Å². The van der Waals surface area contributed by atoms with Crippen molar-refractivity contribution in [1.29, 1.82) is 0 Å². The van der Waals surface area contributed by atoms with E-state index < -0.39 is 10.0 Å². The molecule has 0 N–H and O–H groups in total. The first kappa shape index (κ1) is 10.7. The molecule has 2 fully saturated rings. The van der Waals surface area contributed by atoms with Crippen LogP contribution in [0.3, 0.4) is 0 Å². The normalized spacial score (nSPS) is 27.4. The third-order valence-corrected chi connectivity index (χ3v) is 6.77. The molecule has 3 rings (SSSR count). The molecule has 0 amide bonds. The molecule has 1 saturated carbocycles. The number of sulfonamides is 1. The Kier molecular flexibility index (Phi) is 2.57. The monoisotopic (exact) mass is 257 g/mol. The summed E-state index contributed by atoms with van der Waals surface area (Å²) in [6.07, 6.45) is 4.49. The van der Waals surface area contributed by atoms with Gasteiger partial charge in [-0.2, -0.15) is 4.31 Å². The molecule has 88 valence electrons. The number of hydrogen-bond donors (Lipinski definition) is 0. The highest BCUT2D eigenvalue weighted by atomic mass is 32.2. The average Bonchev–Trinajstić information content (AvgIpc) is 2.83. The molecule has 1 unspecified atom stereocenters. The molecule has 1 atom stereocenters. The Morgan fingerprint density at radius 2 is 2.12 bits per heavy atom. The number of thiophene rings is 1. The highest BCUT2D eigenvalue weighted by Crippen LogP contribution is 2.42. The molecule has 2 heterocycles. The summed E-state index contributed by atoms with van der Waals surface area (Å²) < 4.78 is 27.0. The lowest BCUT2D eigenvalue weighted by molar-refractivity contribution is 0.357. The summed E-state index contributed by atoms with van der Waals surface area (Å²) in [5.41, 5.74) is 0. The lowest BCUT2D eigenvalue weighted by atomic mass is 10.1. The molecule has 1 saturated heterocycles. The van der Waals surface area contributed by atoms with Crippen LogP contribution in [0.1, 0.15) is 25.7 Å². The molecule has 0 bridgehead atoms. The van der Waals surface area contributed by atoms with Gasteiger partial charge in [0.15, 0.2) is 0 Å². The lowest BCUT2D eigenvalue weighted by Gasteiger charge is -2.22. The van der Waals surface area contributed by atoms with E-state index >= 15 is 0 Å². The quantitative estimate of drug-likeness (QED) is 0.833. The maximum atomic E-state index is 12.4. The first-order valence-electron chi connectivity index (χ1n) is 5.75. The highest BCUT2D eigenvalue weighted by Gasteiger charge is 2.43. The summed E-state index contributed by atoms with van der Waals surface area (Å²) >= 11 is 1.32. The van der Waals surface area contributed by atoms with Crippen LogP contribution < -0.4 is 0 Å². The van der Waals surface area contributed by atoms with Crippen molar-refractivity contribution in [2.45, 2.75) is 35.9 Å². The van der Waals surface area contributed by atoms with Gasteiger partial charge < -0.3 is 0 Å². The fourth-order valence-electron chi connectivity index (χ4n) is 2.54. The van der Waals surface area contributed by atoms with E-state index in [0.29, 0.717) is 16.7 Å². The van der Waals surface area contributed by atoms with Gasteiger partial charge >= 0.3 is 0 Å². The van der Waals surface area contributed by atoms with Gasteiger partial charge in [-0.05, 0) is 43.0 Å². The van der Waals surface area contributed by atoms with Gasteiger partial charge in [-0.1, -0.05) is 6.07 Å². The van der Waals surface area contributed by atoms with Crippen LogP contribution in [0, 0.1) is 5.92 Å². The molecule has 0 aromatic carbocycles. The molecule has 2 aliphatic rings. The Bertz CT molecular complexity index is 462. The van der Waals surface area contributed by atoms with Crippen LogP contribution in [0.25, 0.3) is 0 Å². The fourth-order valence-corrected chi connectivity index (χ4v) is 5.42. The predicted molar refractivity (Wildman–Crippen MR) is 64.0 cm³/mol. The van der Waals surface area contributed by atoms with E-state index in [-0.39, 0.29) is 6.04 Å². The third kappa shape index (κ3) is 1.71. The van der Waals surface area contributed by atoms with E-state index in [1.807, 2.05) is 5.38 Å². The van der Waals surface area contributed by atoms with E-state index in [0.717, 1.165) is 12.8 Å². The molecule has 1 aromatic heterocycles. The molecule has 0 radical (unpaired) electrons. The highest BCUT2D eigenvalue weighted by molar-refractivity contribution is 7.91. The Labute approximate surface area is 100 Å². The number of rotatable bonds is 3. The zero-order valence-corrected chi connectivity index (χ0v) is 10.6. The van der Waals surface area contributed by atoms with E-state index in [9.17, 15) is 8.42 Å². The zero-order valence-electron chi connectivity index (χ0n) is 9.00. The first-order valence-corrected chi connectivity index (χ1v) is 8.07. The topological polar surface area (TPSA) is 37.4 Å². The molecule has 16 heavy (non-hydrogen) atoms. The van der Waals surface area contributed by atoms with Crippen molar-refractivity contribution in [2.24, 2.45) is 5.92 Å².